The Bertz CT molecular complexity index is 560. The quantitative estimate of drug-likeness (QED) is 0.740. The maximum atomic E-state index is 9.35. The molecule has 0 spiro atoms. The van der Waals surface area contributed by atoms with Gasteiger partial charge in [0.2, 0.25) is 0 Å². The topological polar surface area (TPSA) is 50.8 Å². The van der Waals surface area contributed by atoms with Gasteiger partial charge in [-0.1, -0.05) is 34.3 Å². The van der Waals surface area contributed by atoms with E-state index in [1.54, 1.807) is 0 Å². The fraction of sp³-hybridized carbons (Fsp3) is 0.579. The first-order chi connectivity index (χ1) is 10.1. The van der Waals surface area contributed by atoms with E-state index in [-0.39, 0.29) is 0 Å². The molecular weight excluding hydrogens is 270 g/mol. The minimum absolute atomic E-state index is 0.320. The van der Waals surface area contributed by atoms with E-state index in [1.165, 1.54) is 0 Å². The van der Waals surface area contributed by atoms with Gasteiger partial charge in [0, 0.05) is 23.5 Å². The van der Waals surface area contributed by atoms with Crippen LogP contribution in [0.5, 0.6) is 0 Å². The third kappa shape index (κ3) is 4.01. The van der Waals surface area contributed by atoms with Gasteiger partial charge in [0.1, 0.15) is 12.1 Å². The summed E-state index contributed by atoms with van der Waals surface area (Å²) in [6.45, 7) is 17.7. The zero-order chi connectivity index (χ0) is 17.1. The Kier molecular flexibility index (Phi) is 5.61. The van der Waals surface area contributed by atoms with E-state index in [4.69, 9.17) is 0 Å². The predicted octanol–water partition coefficient (Wildman–Crippen LogP) is 4.92. The summed E-state index contributed by atoms with van der Waals surface area (Å²) >= 11 is 0. The van der Waals surface area contributed by atoms with Gasteiger partial charge in [0.15, 0.2) is 0 Å². The third-order valence-electron chi connectivity index (χ3n) is 4.17. The number of nitriles is 2. The minimum Gasteiger partial charge on any atom is -0.346 e. The Balaban J connectivity index is 2.95. The molecule has 22 heavy (non-hydrogen) atoms. The molecule has 1 unspecified atom stereocenters. The van der Waals surface area contributed by atoms with Crippen LogP contribution >= 0.6 is 0 Å². The second-order valence-electron chi connectivity index (χ2n) is 7.43. The van der Waals surface area contributed by atoms with Crippen molar-refractivity contribution in [2.24, 2.45) is 11.3 Å². The standard InChI is InChI=1S/C19H27N3/c1-13(10-19(5,6)7)8-9-22-15(3)17(11-20)14(2)18(12-21)16(22)4/h13H,2,8-10H2,1,3-7H3. The van der Waals surface area contributed by atoms with Gasteiger partial charge in [-0.2, -0.15) is 10.5 Å². The fourth-order valence-electron chi connectivity index (χ4n) is 3.21. The third-order valence-corrected chi connectivity index (χ3v) is 4.17. The van der Waals surface area contributed by atoms with Crippen LogP contribution < -0.4 is 0 Å². The van der Waals surface area contributed by atoms with E-state index < -0.39 is 0 Å². The molecule has 0 N–H and O–H groups in total. The van der Waals surface area contributed by atoms with Crippen LogP contribution in [0.25, 0.3) is 0 Å². The number of hydrogen-bond acceptors (Lipinski definition) is 3. The zero-order valence-corrected chi connectivity index (χ0v) is 14.7. The van der Waals surface area contributed by atoms with E-state index in [0.29, 0.717) is 28.1 Å². The van der Waals surface area contributed by atoms with Gasteiger partial charge in [0.05, 0.1) is 11.1 Å². The Morgan fingerprint density at radius 3 is 1.91 bits per heavy atom. The van der Waals surface area contributed by atoms with E-state index in [1.807, 2.05) is 13.8 Å². The second kappa shape index (κ2) is 6.84. The van der Waals surface area contributed by atoms with Crippen molar-refractivity contribution in [3.63, 3.8) is 0 Å². The average Bonchev–Trinajstić information content (AvgIpc) is 2.37. The molecular formula is C19H27N3. The first-order valence-electron chi connectivity index (χ1n) is 7.81. The van der Waals surface area contributed by atoms with E-state index >= 15 is 0 Å². The molecule has 1 aliphatic heterocycles. The number of allylic oxidation sites excluding steroid dienone is 5. The summed E-state index contributed by atoms with van der Waals surface area (Å²) in [7, 11) is 0. The van der Waals surface area contributed by atoms with Gasteiger partial charge < -0.3 is 4.90 Å². The van der Waals surface area contributed by atoms with Crippen molar-refractivity contribution in [2.45, 2.75) is 54.4 Å². The Hall–Kier alpha value is -2.00. The lowest BCUT2D eigenvalue weighted by molar-refractivity contribution is 0.275. The maximum Gasteiger partial charge on any atom is 0.102 e. The van der Waals surface area contributed by atoms with Crippen LogP contribution in [0.15, 0.2) is 34.7 Å². The SMILES string of the molecule is C=C1C(C#N)=C(C)N(CCC(C)CC(C)(C)C)C(C)=C1C#N. The summed E-state index contributed by atoms with van der Waals surface area (Å²) in [5.41, 5.74) is 3.76. The summed E-state index contributed by atoms with van der Waals surface area (Å²) in [5, 5.41) is 18.7. The van der Waals surface area contributed by atoms with Crippen LogP contribution in [0, 0.1) is 34.0 Å². The van der Waals surface area contributed by atoms with Crippen LogP contribution in [0.2, 0.25) is 0 Å². The predicted molar refractivity (Wildman–Crippen MR) is 90.3 cm³/mol. The summed E-state index contributed by atoms with van der Waals surface area (Å²) in [4.78, 5) is 2.10. The summed E-state index contributed by atoms with van der Waals surface area (Å²) in [6, 6.07) is 4.39. The highest BCUT2D eigenvalue weighted by Gasteiger charge is 2.26. The van der Waals surface area contributed by atoms with Crippen molar-refractivity contribution in [2.75, 3.05) is 6.54 Å². The van der Waals surface area contributed by atoms with Crippen LogP contribution in [-0.4, -0.2) is 11.4 Å². The lowest BCUT2D eigenvalue weighted by Crippen LogP contribution is -2.28. The maximum absolute atomic E-state index is 9.35. The molecule has 0 fully saturated rings. The highest BCUT2D eigenvalue weighted by atomic mass is 15.1. The van der Waals surface area contributed by atoms with Gasteiger partial charge in [-0.15, -0.1) is 0 Å². The van der Waals surface area contributed by atoms with E-state index in [9.17, 15) is 10.5 Å². The Morgan fingerprint density at radius 2 is 1.55 bits per heavy atom. The minimum atomic E-state index is 0.320. The van der Waals surface area contributed by atoms with Gasteiger partial charge in [-0.05, 0) is 38.0 Å². The highest BCUT2D eigenvalue weighted by molar-refractivity contribution is 5.62. The van der Waals surface area contributed by atoms with Crippen molar-refractivity contribution >= 4 is 0 Å². The molecule has 0 aromatic carbocycles. The average molecular weight is 297 g/mol. The number of hydrogen-bond donors (Lipinski definition) is 0. The zero-order valence-electron chi connectivity index (χ0n) is 14.7. The molecule has 0 aromatic heterocycles. The lowest BCUT2D eigenvalue weighted by atomic mass is 9.84. The van der Waals surface area contributed by atoms with Crippen molar-refractivity contribution in [3.8, 4) is 12.1 Å². The molecule has 1 heterocycles. The van der Waals surface area contributed by atoms with Crippen molar-refractivity contribution < 1.29 is 0 Å². The molecule has 0 saturated heterocycles. The number of nitrogens with zero attached hydrogens (tertiary/aromatic N) is 3. The van der Waals surface area contributed by atoms with Gasteiger partial charge >= 0.3 is 0 Å². The first-order valence-corrected chi connectivity index (χ1v) is 7.81. The molecule has 3 heteroatoms. The van der Waals surface area contributed by atoms with Crippen LogP contribution in [0.4, 0.5) is 0 Å². The van der Waals surface area contributed by atoms with Crippen LogP contribution in [0.3, 0.4) is 0 Å². The monoisotopic (exact) mass is 297 g/mol. The summed E-state index contributed by atoms with van der Waals surface area (Å²) in [5.74, 6) is 0.599. The molecule has 0 saturated carbocycles. The Labute approximate surface area is 135 Å². The van der Waals surface area contributed by atoms with E-state index in [2.05, 4.69) is 51.3 Å². The van der Waals surface area contributed by atoms with Gasteiger partial charge in [-0.3, -0.25) is 0 Å². The molecule has 1 aliphatic rings. The summed E-state index contributed by atoms with van der Waals surface area (Å²) < 4.78 is 0. The molecule has 1 atom stereocenters. The van der Waals surface area contributed by atoms with E-state index in [0.717, 1.165) is 30.8 Å². The van der Waals surface area contributed by atoms with Crippen molar-refractivity contribution in [1.29, 1.82) is 10.5 Å². The Morgan fingerprint density at radius 1 is 1.09 bits per heavy atom. The molecule has 3 nitrogen and oxygen atoms in total. The van der Waals surface area contributed by atoms with Crippen LogP contribution in [-0.2, 0) is 0 Å². The normalized spacial score (nSPS) is 17.5. The molecule has 0 amide bonds. The lowest BCUT2D eigenvalue weighted by Gasteiger charge is -2.33. The van der Waals surface area contributed by atoms with Gasteiger partial charge in [0.25, 0.3) is 0 Å². The molecule has 1 rings (SSSR count). The first kappa shape index (κ1) is 18.1. The molecule has 0 aromatic rings. The fourth-order valence-corrected chi connectivity index (χ4v) is 3.21. The number of rotatable bonds is 4. The smallest absolute Gasteiger partial charge is 0.102 e. The highest BCUT2D eigenvalue weighted by Crippen LogP contribution is 2.34. The van der Waals surface area contributed by atoms with Gasteiger partial charge in [-0.25, -0.2) is 0 Å². The molecule has 0 radical (unpaired) electrons. The molecule has 0 aliphatic carbocycles. The molecule has 0 bridgehead atoms. The second-order valence-corrected chi connectivity index (χ2v) is 7.43. The largest absolute Gasteiger partial charge is 0.346 e. The van der Waals surface area contributed by atoms with Crippen LogP contribution in [0.1, 0.15) is 54.4 Å². The summed E-state index contributed by atoms with van der Waals surface area (Å²) in [6.07, 6.45) is 2.20. The van der Waals surface area contributed by atoms with Crippen molar-refractivity contribution in [1.82, 2.24) is 4.90 Å². The van der Waals surface area contributed by atoms with Crippen molar-refractivity contribution in [3.05, 3.63) is 34.7 Å². The molecule has 118 valence electrons.